The highest BCUT2D eigenvalue weighted by Crippen LogP contribution is 2.32. The van der Waals surface area contributed by atoms with Gasteiger partial charge in [0.05, 0.1) is 10.9 Å². The molecule has 0 aliphatic carbocycles. The van der Waals surface area contributed by atoms with E-state index in [2.05, 4.69) is 21.2 Å². The summed E-state index contributed by atoms with van der Waals surface area (Å²) in [6, 6.07) is 10.2. The lowest BCUT2D eigenvalue weighted by atomic mass is 10.1. The van der Waals surface area contributed by atoms with Crippen LogP contribution in [0.3, 0.4) is 0 Å². The fraction of sp³-hybridized carbons (Fsp3) is 0.250. The van der Waals surface area contributed by atoms with Gasteiger partial charge in [-0.15, -0.1) is 0 Å². The molecule has 0 aromatic heterocycles. The first-order chi connectivity index (χ1) is 13.8. The largest absolute Gasteiger partial charge is 0.455 e. The van der Waals surface area contributed by atoms with E-state index in [1.807, 2.05) is 6.92 Å². The van der Waals surface area contributed by atoms with Gasteiger partial charge in [-0.25, -0.2) is 0 Å². The highest BCUT2D eigenvalue weighted by Gasteiger charge is 2.37. The summed E-state index contributed by atoms with van der Waals surface area (Å²) in [5, 5.41) is 3.59. The summed E-state index contributed by atoms with van der Waals surface area (Å²) in [6.07, 6.45) is 0.0225. The van der Waals surface area contributed by atoms with Crippen molar-refractivity contribution in [2.45, 2.75) is 13.3 Å². The van der Waals surface area contributed by atoms with Gasteiger partial charge in [-0.3, -0.25) is 14.4 Å². The van der Waals surface area contributed by atoms with E-state index in [1.54, 1.807) is 36.4 Å². The maximum atomic E-state index is 12.4. The predicted molar refractivity (Wildman–Crippen MR) is 115 cm³/mol. The van der Waals surface area contributed by atoms with Crippen LogP contribution < -0.4 is 10.2 Å². The number of amides is 2. The number of hydrogen-bond acceptors (Lipinski definition) is 4. The van der Waals surface area contributed by atoms with Crippen molar-refractivity contribution in [3.8, 4) is 0 Å². The van der Waals surface area contributed by atoms with E-state index in [4.69, 9.17) is 27.9 Å². The topological polar surface area (TPSA) is 75.7 Å². The predicted octanol–water partition coefficient (Wildman–Crippen LogP) is 4.60. The lowest BCUT2D eigenvalue weighted by molar-refractivity contribution is -0.151. The normalized spacial score (nSPS) is 16.1. The summed E-state index contributed by atoms with van der Waals surface area (Å²) in [7, 11) is 0. The minimum atomic E-state index is -0.643. The second-order valence-electron chi connectivity index (χ2n) is 6.57. The van der Waals surface area contributed by atoms with Gasteiger partial charge in [0.15, 0.2) is 6.61 Å². The summed E-state index contributed by atoms with van der Waals surface area (Å²) >= 11 is 15.4. The average molecular weight is 500 g/mol. The van der Waals surface area contributed by atoms with Gasteiger partial charge in [-0.1, -0.05) is 29.3 Å². The molecule has 1 heterocycles. The van der Waals surface area contributed by atoms with Crippen LogP contribution in [0.4, 0.5) is 11.4 Å². The first-order valence-corrected chi connectivity index (χ1v) is 10.3. The molecule has 6 nitrogen and oxygen atoms in total. The Morgan fingerprint density at radius 2 is 2.00 bits per heavy atom. The van der Waals surface area contributed by atoms with Crippen molar-refractivity contribution in [1.82, 2.24) is 0 Å². The Hall–Kier alpha value is -2.09. The molecule has 1 N–H and O–H groups in total. The van der Waals surface area contributed by atoms with Gasteiger partial charge >= 0.3 is 5.97 Å². The Bertz CT molecular complexity index is 983. The molecule has 0 bridgehead atoms. The van der Waals surface area contributed by atoms with Crippen LogP contribution in [0.25, 0.3) is 0 Å². The smallest absolute Gasteiger partial charge is 0.311 e. The quantitative estimate of drug-likeness (QED) is 0.610. The zero-order valence-corrected chi connectivity index (χ0v) is 18.5. The fourth-order valence-corrected chi connectivity index (χ4v) is 3.61. The van der Waals surface area contributed by atoms with E-state index < -0.39 is 24.4 Å². The summed E-state index contributed by atoms with van der Waals surface area (Å²) in [4.78, 5) is 38.3. The molecule has 0 spiro atoms. The molecule has 2 amide bonds. The van der Waals surface area contributed by atoms with Crippen LogP contribution in [-0.4, -0.2) is 30.9 Å². The van der Waals surface area contributed by atoms with Crippen LogP contribution in [-0.2, 0) is 19.1 Å². The van der Waals surface area contributed by atoms with Crippen molar-refractivity contribution in [1.29, 1.82) is 0 Å². The number of hydrogen-bond donors (Lipinski definition) is 1. The van der Waals surface area contributed by atoms with Crippen LogP contribution in [0, 0.1) is 12.8 Å². The first kappa shape index (κ1) is 21.6. The van der Waals surface area contributed by atoms with Crippen LogP contribution in [0.5, 0.6) is 0 Å². The van der Waals surface area contributed by atoms with Crippen molar-refractivity contribution in [3.05, 3.63) is 56.5 Å². The zero-order chi connectivity index (χ0) is 21.1. The molecule has 1 aliphatic rings. The Morgan fingerprint density at radius 3 is 2.72 bits per heavy atom. The van der Waals surface area contributed by atoms with E-state index in [1.165, 1.54) is 4.90 Å². The van der Waals surface area contributed by atoms with Crippen molar-refractivity contribution < 1.29 is 19.1 Å². The number of anilines is 2. The van der Waals surface area contributed by atoms with Crippen molar-refractivity contribution in [3.63, 3.8) is 0 Å². The summed E-state index contributed by atoms with van der Waals surface area (Å²) in [5.74, 6) is -1.92. The second-order valence-corrected chi connectivity index (χ2v) is 8.24. The van der Waals surface area contributed by atoms with E-state index >= 15 is 0 Å². The molecular weight excluding hydrogens is 483 g/mol. The number of halogens is 3. The van der Waals surface area contributed by atoms with Gasteiger partial charge in [0, 0.05) is 33.8 Å². The van der Waals surface area contributed by atoms with Crippen LogP contribution >= 0.6 is 39.1 Å². The molecule has 152 valence electrons. The van der Waals surface area contributed by atoms with Crippen LogP contribution in [0.15, 0.2) is 40.9 Å². The number of ether oxygens (including phenoxy) is 1. The molecule has 2 aromatic carbocycles. The number of carbonyl (C=O) groups is 3. The maximum absolute atomic E-state index is 12.4. The van der Waals surface area contributed by atoms with Crippen molar-refractivity contribution in [2.75, 3.05) is 23.4 Å². The van der Waals surface area contributed by atoms with Gasteiger partial charge in [-0.2, -0.15) is 0 Å². The summed E-state index contributed by atoms with van der Waals surface area (Å²) < 4.78 is 5.81. The Labute approximate surface area is 186 Å². The van der Waals surface area contributed by atoms with Crippen molar-refractivity contribution >= 4 is 68.3 Å². The number of rotatable bonds is 5. The van der Waals surface area contributed by atoms with Crippen molar-refractivity contribution in [2.24, 2.45) is 5.92 Å². The van der Waals surface area contributed by atoms with Gasteiger partial charge in [0.1, 0.15) is 0 Å². The monoisotopic (exact) mass is 498 g/mol. The van der Waals surface area contributed by atoms with E-state index in [-0.39, 0.29) is 18.9 Å². The number of esters is 1. The molecule has 29 heavy (non-hydrogen) atoms. The Kier molecular flexibility index (Phi) is 6.82. The first-order valence-electron chi connectivity index (χ1n) is 8.73. The fourth-order valence-electron chi connectivity index (χ4n) is 3.01. The molecule has 1 saturated heterocycles. The summed E-state index contributed by atoms with van der Waals surface area (Å²) in [5.41, 5.74) is 1.92. The molecule has 1 aliphatic heterocycles. The molecular formula is C20H17BrCl2N2O4. The molecule has 2 aromatic rings. The molecule has 1 fully saturated rings. The lowest BCUT2D eigenvalue weighted by Crippen LogP contribution is -2.28. The number of benzene rings is 2. The molecule has 9 heteroatoms. The van der Waals surface area contributed by atoms with E-state index in [0.717, 1.165) is 5.56 Å². The molecule has 0 saturated carbocycles. The molecule has 0 radical (unpaired) electrons. The number of nitrogens with one attached hydrogen (secondary N) is 1. The lowest BCUT2D eigenvalue weighted by Gasteiger charge is -2.19. The average Bonchev–Trinajstić information content (AvgIpc) is 3.06. The minimum absolute atomic E-state index is 0.0225. The highest BCUT2D eigenvalue weighted by atomic mass is 79.9. The van der Waals surface area contributed by atoms with Crippen LogP contribution in [0.1, 0.15) is 12.0 Å². The molecule has 3 rings (SSSR count). The van der Waals surface area contributed by atoms with Crippen LogP contribution in [0.2, 0.25) is 10.0 Å². The Morgan fingerprint density at radius 1 is 1.24 bits per heavy atom. The van der Waals surface area contributed by atoms with E-state index in [9.17, 15) is 14.4 Å². The van der Waals surface area contributed by atoms with Gasteiger partial charge in [0.25, 0.3) is 5.91 Å². The maximum Gasteiger partial charge on any atom is 0.311 e. The zero-order valence-electron chi connectivity index (χ0n) is 15.4. The Balaban J connectivity index is 1.56. The SMILES string of the molecule is Cc1c(Cl)cccc1N1C[C@@H](C(=O)OCC(=O)Nc2ccc(Br)c(Cl)c2)CC1=O. The number of carbonyl (C=O) groups excluding carboxylic acids is 3. The second kappa shape index (κ2) is 9.15. The third-order valence-corrected chi connectivity index (χ3v) is 6.18. The third kappa shape index (κ3) is 5.10. The number of nitrogens with zero attached hydrogens (tertiary/aromatic N) is 1. The molecule has 0 unspecified atom stereocenters. The highest BCUT2D eigenvalue weighted by molar-refractivity contribution is 9.10. The van der Waals surface area contributed by atoms with Gasteiger partial charge < -0.3 is 15.0 Å². The summed E-state index contributed by atoms with van der Waals surface area (Å²) in [6.45, 7) is 1.55. The third-order valence-electron chi connectivity index (χ3n) is 4.54. The minimum Gasteiger partial charge on any atom is -0.455 e. The van der Waals surface area contributed by atoms with E-state index in [0.29, 0.717) is 25.9 Å². The van der Waals surface area contributed by atoms with Gasteiger partial charge in [-0.05, 0) is 58.7 Å². The standard InChI is InChI=1S/C20H17BrCl2N2O4/c1-11-15(22)3-2-4-17(11)25-9-12(7-19(25)27)20(28)29-10-18(26)24-13-5-6-14(21)16(23)8-13/h2-6,8,12H,7,9-10H2,1H3,(H,24,26)/t12-/m0/s1. The van der Waals surface area contributed by atoms with Gasteiger partial charge in [0.2, 0.25) is 5.91 Å². The molecule has 1 atom stereocenters.